The second-order valence-electron chi connectivity index (χ2n) is 6.76. The fourth-order valence-corrected chi connectivity index (χ4v) is 3.02. The molecule has 6 heteroatoms. The van der Waals surface area contributed by atoms with Crippen molar-refractivity contribution in [1.29, 1.82) is 0 Å². The van der Waals surface area contributed by atoms with Gasteiger partial charge in [-0.25, -0.2) is 4.79 Å². The highest BCUT2D eigenvalue weighted by atomic mass is 16.2. The molecular weight excluding hydrogens is 304 g/mol. The molecule has 0 aromatic heterocycles. The molecule has 0 spiro atoms. The molecule has 0 saturated carbocycles. The molecule has 0 unspecified atom stereocenters. The molecule has 24 heavy (non-hydrogen) atoms. The average molecular weight is 332 g/mol. The van der Waals surface area contributed by atoms with Crippen molar-refractivity contribution in [2.75, 3.05) is 26.2 Å². The predicted octanol–water partition coefficient (Wildman–Crippen LogP) is 1.33. The molecule has 0 aliphatic carbocycles. The van der Waals surface area contributed by atoms with Gasteiger partial charge in [0.15, 0.2) is 0 Å². The molecule has 1 aromatic rings. The number of rotatable bonds is 5. The van der Waals surface area contributed by atoms with E-state index >= 15 is 0 Å². The summed E-state index contributed by atoms with van der Waals surface area (Å²) in [6.45, 7) is 9.87. The molecule has 1 atom stereocenters. The van der Waals surface area contributed by atoms with Gasteiger partial charge in [0.25, 0.3) is 0 Å². The molecule has 3 N–H and O–H groups in total. The Labute approximate surface area is 144 Å². The maximum atomic E-state index is 12.6. The van der Waals surface area contributed by atoms with Crippen molar-refractivity contribution in [1.82, 2.24) is 15.1 Å². The third kappa shape index (κ3) is 4.71. The highest BCUT2D eigenvalue weighted by Crippen LogP contribution is 2.14. The molecule has 1 fully saturated rings. The molecule has 1 saturated heterocycles. The molecule has 1 aliphatic rings. The Kier molecular flexibility index (Phi) is 6.20. The van der Waals surface area contributed by atoms with Crippen molar-refractivity contribution in [3.8, 4) is 0 Å². The lowest BCUT2D eigenvalue weighted by Crippen LogP contribution is -2.57. The van der Waals surface area contributed by atoms with E-state index in [9.17, 15) is 9.59 Å². The first-order valence-corrected chi connectivity index (χ1v) is 8.50. The SMILES string of the molecule is Cc1ccccc1CN1CCN(C(=O)[C@@H](NC(N)=O)C(C)C)CC1. The molecule has 6 nitrogen and oxygen atoms in total. The number of hydrogen-bond donors (Lipinski definition) is 2. The monoisotopic (exact) mass is 332 g/mol. The smallest absolute Gasteiger partial charge is 0.312 e. The Morgan fingerprint density at radius 1 is 1.17 bits per heavy atom. The minimum Gasteiger partial charge on any atom is -0.352 e. The maximum absolute atomic E-state index is 12.6. The van der Waals surface area contributed by atoms with Crippen LogP contribution in [0, 0.1) is 12.8 Å². The fourth-order valence-electron chi connectivity index (χ4n) is 3.02. The minimum absolute atomic E-state index is 0.00926. The molecule has 2 rings (SSSR count). The van der Waals surface area contributed by atoms with Crippen molar-refractivity contribution in [2.24, 2.45) is 11.7 Å². The van der Waals surface area contributed by atoms with Crippen LogP contribution in [0.15, 0.2) is 24.3 Å². The van der Waals surface area contributed by atoms with E-state index in [0.717, 1.165) is 19.6 Å². The van der Waals surface area contributed by atoms with Gasteiger partial charge in [-0.2, -0.15) is 0 Å². The van der Waals surface area contributed by atoms with E-state index in [1.54, 1.807) is 0 Å². The van der Waals surface area contributed by atoms with E-state index < -0.39 is 12.1 Å². The number of hydrogen-bond acceptors (Lipinski definition) is 3. The standard InChI is InChI=1S/C18H28N4O2/c1-13(2)16(20-18(19)24)17(23)22-10-8-21(9-11-22)12-15-7-5-4-6-14(15)3/h4-7,13,16H,8-12H2,1-3H3,(H3,19,20,24)/t16-/m0/s1. The van der Waals surface area contributed by atoms with Crippen LogP contribution < -0.4 is 11.1 Å². The first-order valence-electron chi connectivity index (χ1n) is 8.50. The number of nitrogens with zero attached hydrogens (tertiary/aromatic N) is 2. The van der Waals surface area contributed by atoms with Gasteiger partial charge in [0, 0.05) is 32.7 Å². The predicted molar refractivity (Wildman–Crippen MR) is 94.4 cm³/mol. The first kappa shape index (κ1) is 18.3. The molecule has 132 valence electrons. The van der Waals surface area contributed by atoms with Gasteiger partial charge in [0.05, 0.1) is 0 Å². The third-order valence-electron chi connectivity index (χ3n) is 4.57. The van der Waals surface area contributed by atoms with Gasteiger partial charge in [0.1, 0.15) is 6.04 Å². The molecule has 1 heterocycles. The van der Waals surface area contributed by atoms with Gasteiger partial charge in [-0.15, -0.1) is 0 Å². The van der Waals surface area contributed by atoms with E-state index in [-0.39, 0.29) is 11.8 Å². The van der Waals surface area contributed by atoms with Crippen LogP contribution in [0.1, 0.15) is 25.0 Å². The molecule has 0 radical (unpaired) electrons. The fraction of sp³-hybridized carbons (Fsp3) is 0.556. The Morgan fingerprint density at radius 3 is 2.33 bits per heavy atom. The number of amides is 3. The second-order valence-corrected chi connectivity index (χ2v) is 6.76. The van der Waals surface area contributed by atoms with Crippen LogP contribution in [0.25, 0.3) is 0 Å². The number of benzene rings is 1. The highest BCUT2D eigenvalue weighted by molar-refractivity contribution is 5.86. The van der Waals surface area contributed by atoms with E-state index in [1.807, 2.05) is 24.8 Å². The van der Waals surface area contributed by atoms with Crippen LogP contribution in [0.3, 0.4) is 0 Å². The van der Waals surface area contributed by atoms with Crippen LogP contribution in [-0.2, 0) is 11.3 Å². The largest absolute Gasteiger partial charge is 0.352 e. The lowest BCUT2D eigenvalue weighted by atomic mass is 10.0. The summed E-state index contributed by atoms with van der Waals surface area (Å²) in [5.74, 6) is -0.0330. The van der Waals surface area contributed by atoms with Gasteiger partial charge in [-0.1, -0.05) is 38.1 Å². The number of carbonyl (C=O) groups is 2. The topological polar surface area (TPSA) is 78.7 Å². The number of piperazine rings is 1. The number of nitrogens with two attached hydrogens (primary N) is 1. The van der Waals surface area contributed by atoms with Crippen molar-refractivity contribution in [3.63, 3.8) is 0 Å². The van der Waals surface area contributed by atoms with Crippen molar-refractivity contribution < 1.29 is 9.59 Å². The zero-order valence-corrected chi connectivity index (χ0v) is 14.8. The first-order chi connectivity index (χ1) is 11.4. The Bertz CT molecular complexity index is 580. The van der Waals surface area contributed by atoms with Gasteiger partial charge in [-0.3, -0.25) is 9.69 Å². The summed E-state index contributed by atoms with van der Waals surface area (Å²) in [5, 5.41) is 2.57. The molecule has 3 amide bonds. The number of aryl methyl sites for hydroxylation is 1. The van der Waals surface area contributed by atoms with E-state index in [0.29, 0.717) is 13.1 Å². The van der Waals surface area contributed by atoms with Gasteiger partial charge in [-0.05, 0) is 24.0 Å². The van der Waals surface area contributed by atoms with Gasteiger partial charge in [0.2, 0.25) is 5.91 Å². The van der Waals surface area contributed by atoms with Gasteiger partial charge >= 0.3 is 6.03 Å². The van der Waals surface area contributed by atoms with Crippen LogP contribution in [0.5, 0.6) is 0 Å². The van der Waals surface area contributed by atoms with Gasteiger partial charge < -0.3 is 16.0 Å². The molecule has 1 aliphatic heterocycles. The van der Waals surface area contributed by atoms with E-state index in [1.165, 1.54) is 11.1 Å². The van der Waals surface area contributed by atoms with Crippen molar-refractivity contribution in [3.05, 3.63) is 35.4 Å². The lowest BCUT2D eigenvalue weighted by Gasteiger charge is -2.37. The number of urea groups is 1. The highest BCUT2D eigenvalue weighted by Gasteiger charge is 2.30. The van der Waals surface area contributed by atoms with Crippen LogP contribution in [0.2, 0.25) is 0 Å². The Morgan fingerprint density at radius 2 is 1.79 bits per heavy atom. The summed E-state index contributed by atoms with van der Waals surface area (Å²) in [6.07, 6.45) is 0. The number of carbonyl (C=O) groups excluding carboxylic acids is 2. The van der Waals surface area contributed by atoms with E-state index in [2.05, 4.69) is 35.3 Å². The molecule has 0 bridgehead atoms. The van der Waals surface area contributed by atoms with Crippen molar-refractivity contribution in [2.45, 2.75) is 33.4 Å². The number of nitrogens with one attached hydrogen (secondary N) is 1. The Balaban J connectivity index is 1.90. The lowest BCUT2D eigenvalue weighted by molar-refractivity contribution is -0.136. The summed E-state index contributed by atoms with van der Waals surface area (Å²) < 4.78 is 0. The summed E-state index contributed by atoms with van der Waals surface area (Å²) in [5.41, 5.74) is 7.81. The zero-order chi connectivity index (χ0) is 17.7. The minimum atomic E-state index is -0.653. The van der Waals surface area contributed by atoms with E-state index in [4.69, 9.17) is 5.73 Å². The zero-order valence-electron chi connectivity index (χ0n) is 14.8. The summed E-state index contributed by atoms with van der Waals surface area (Å²) in [7, 11) is 0. The summed E-state index contributed by atoms with van der Waals surface area (Å²) in [4.78, 5) is 27.9. The second kappa shape index (κ2) is 8.15. The Hall–Kier alpha value is -2.08. The van der Waals surface area contributed by atoms with Crippen molar-refractivity contribution >= 4 is 11.9 Å². The molecular formula is C18H28N4O2. The van der Waals surface area contributed by atoms with Crippen LogP contribution in [0.4, 0.5) is 4.79 Å². The quantitative estimate of drug-likeness (QED) is 0.854. The normalized spacial score (nSPS) is 16.9. The molecule has 1 aromatic carbocycles. The van der Waals surface area contributed by atoms with Crippen LogP contribution >= 0.6 is 0 Å². The number of primary amides is 1. The summed E-state index contributed by atoms with van der Waals surface area (Å²) >= 11 is 0. The summed E-state index contributed by atoms with van der Waals surface area (Å²) in [6, 6.07) is 7.18. The third-order valence-corrected chi connectivity index (χ3v) is 4.57. The maximum Gasteiger partial charge on any atom is 0.312 e. The average Bonchev–Trinajstić information content (AvgIpc) is 2.54. The van der Waals surface area contributed by atoms with Crippen LogP contribution in [-0.4, -0.2) is 54.0 Å².